The average molecular weight is 222 g/mol. The molecule has 1 saturated carbocycles. The Hall–Kier alpha value is -1.42. The predicted molar refractivity (Wildman–Crippen MR) is 59.5 cm³/mol. The molecule has 1 aromatic rings. The first-order valence-corrected chi connectivity index (χ1v) is 5.42. The van der Waals surface area contributed by atoms with E-state index in [9.17, 15) is 9.18 Å². The lowest BCUT2D eigenvalue weighted by Gasteiger charge is -2.38. The van der Waals surface area contributed by atoms with Crippen molar-refractivity contribution in [1.82, 2.24) is 5.32 Å². The molecular formula is C12H15FN2O. The second-order valence-electron chi connectivity index (χ2n) is 4.41. The molecule has 0 radical (unpaired) electrons. The Morgan fingerprint density at radius 1 is 1.38 bits per heavy atom. The van der Waals surface area contributed by atoms with Gasteiger partial charge in [-0.15, -0.1) is 0 Å². The minimum absolute atomic E-state index is 0.197. The van der Waals surface area contributed by atoms with E-state index in [1.807, 2.05) is 0 Å². The molecule has 0 bridgehead atoms. The average Bonchev–Trinajstić information content (AvgIpc) is 2.24. The molecule has 1 aliphatic carbocycles. The fraction of sp³-hybridized carbons (Fsp3) is 0.417. The molecule has 1 aliphatic rings. The first-order chi connectivity index (χ1) is 7.59. The summed E-state index contributed by atoms with van der Waals surface area (Å²) in [7, 11) is 0. The molecule has 2 rings (SSSR count). The van der Waals surface area contributed by atoms with E-state index in [2.05, 4.69) is 5.32 Å². The molecule has 0 unspecified atom stereocenters. The highest BCUT2D eigenvalue weighted by Crippen LogP contribution is 2.28. The molecule has 0 spiro atoms. The zero-order chi connectivity index (χ0) is 11.6. The Kier molecular flexibility index (Phi) is 2.92. The minimum atomic E-state index is -0.342. The van der Waals surface area contributed by atoms with Crippen LogP contribution in [-0.4, -0.2) is 18.0 Å². The molecular weight excluding hydrogens is 207 g/mol. The number of amides is 1. The van der Waals surface area contributed by atoms with E-state index in [0.29, 0.717) is 12.1 Å². The van der Waals surface area contributed by atoms with Crippen LogP contribution >= 0.6 is 0 Å². The van der Waals surface area contributed by atoms with E-state index in [4.69, 9.17) is 5.73 Å². The van der Waals surface area contributed by atoms with Crippen LogP contribution in [0.15, 0.2) is 24.3 Å². The summed E-state index contributed by atoms with van der Waals surface area (Å²) >= 11 is 0. The molecule has 1 fully saturated rings. The Bertz CT molecular complexity index is 385. The van der Waals surface area contributed by atoms with E-state index in [1.54, 1.807) is 0 Å². The summed E-state index contributed by atoms with van der Waals surface area (Å²) in [5.41, 5.74) is 6.21. The van der Waals surface area contributed by atoms with Crippen molar-refractivity contribution in [1.29, 1.82) is 0 Å². The van der Waals surface area contributed by atoms with Gasteiger partial charge >= 0.3 is 0 Å². The third-order valence-electron chi connectivity index (χ3n) is 3.06. The number of hydrogen-bond acceptors (Lipinski definition) is 2. The largest absolute Gasteiger partial charge is 0.350 e. The van der Waals surface area contributed by atoms with E-state index in [1.165, 1.54) is 24.3 Å². The van der Waals surface area contributed by atoms with Crippen LogP contribution in [0, 0.1) is 5.82 Å². The van der Waals surface area contributed by atoms with Crippen molar-refractivity contribution in [3.8, 4) is 0 Å². The fourth-order valence-electron chi connectivity index (χ4n) is 1.77. The lowest BCUT2D eigenvalue weighted by Crippen LogP contribution is -2.54. The Labute approximate surface area is 93.8 Å². The topological polar surface area (TPSA) is 55.1 Å². The Morgan fingerprint density at radius 3 is 2.50 bits per heavy atom. The van der Waals surface area contributed by atoms with E-state index < -0.39 is 0 Å². The van der Waals surface area contributed by atoms with Gasteiger partial charge in [0.25, 0.3) is 5.91 Å². The fourth-order valence-corrected chi connectivity index (χ4v) is 1.77. The van der Waals surface area contributed by atoms with Gasteiger partial charge in [0.1, 0.15) is 5.82 Å². The summed E-state index contributed by atoms with van der Waals surface area (Å²) in [6.07, 6.45) is 3.04. The lowest BCUT2D eigenvalue weighted by atomic mass is 9.78. The summed E-state index contributed by atoms with van der Waals surface area (Å²) in [6, 6.07) is 5.48. The van der Waals surface area contributed by atoms with Gasteiger partial charge in [-0.1, -0.05) is 0 Å². The molecule has 0 heterocycles. The van der Waals surface area contributed by atoms with Gasteiger partial charge in [0, 0.05) is 17.6 Å². The number of rotatable bonds is 3. The van der Waals surface area contributed by atoms with Gasteiger partial charge < -0.3 is 11.1 Å². The molecule has 0 atom stereocenters. The maximum absolute atomic E-state index is 12.6. The van der Waals surface area contributed by atoms with Gasteiger partial charge in [-0.2, -0.15) is 0 Å². The van der Waals surface area contributed by atoms with Gasteiger partial charge in [0.05, 0.1) is 0 Å². The standard InChI is InChI=1S/C12H15FN2O/c13-10-4-2-9(3-5-10)11(16)15-8-12(14)6-1-7-12/h2-5H,1,6-8,14H2,(H,15,16). The van der Waals surface area contributed by atoms with Crippen molar-refractivity contribution in [3.63, 3.8) is 0 Å². The smallest absolute Gasteiger partial charge is 0.251 e. The molecule has 0 aliphatic heterocycles. The lowest BCUT2D eigenvalue weighted by molar-refractivity contribution is 0.0930. The highest BCUT2D eigenvalue weighted by molar-refractivity contribution is 5.94. The number of carbonyl (C=O) groups excluding carboxylic acids is 1. The minimum Gasteiger partial charge on any atom is -0.350 e. The van der Waals surface area contributed by atoms with Gasteiger partial charge in [-0.3, -0.25) is 4.79 Å². The number of halogens is 1. The Morgan fingerprint density at radius 2 is 2.00 bits per heavy atom. The van der Waals surface area contributed by atoms with E-state index in [0.717, 1.165) is 19.3 Å². The van der Waals surface area contributed by atoms with Crippen LogP contribution in [0.5, 0.6) is 0 Å². The van der Waals surface area contributed by atoms with Crippen LogP contribution in [0.2, 0.25) is 0 Å². The summed E-state index contributed by atoms with van der Waals surface area (Å²) < 4.78 is 12.6. The predicted octanol–water partition coefficient (Wildman–Crippen LogP) is 1.44. The first-order valence-electron chi connectivity index (χ1n) is 5.42. The van der Waals surface area contributed by atoms with E-state index >= 15 is 0 Å². The Balaban J connectivity index is 1.90. The SMILES string of the molecule is NC1(CNC(=O)c2ccc(F)cc2)CCC1. The molecule has 3 N–H and O–H groups in total. The number of carbonyl (C=O) groups is 1. The highest BCUT2D eigenvalue weighted by Gasteiger charge is 2.32. The van der Waals surface area contributed by atoms with Crippen molar-refractivity contribution in [2.45, 2.75) is 24.8 Å². The second-order valence-corrected chi connectivity index (χ2v) is 4.41. The maximum Gasteiger partial charge on any atom is 0.251 e. The van der Waals surface area contributed by atoms with Crippen LogP contribution in [0.1, 0.15) is 29.6 Å². The van der Waals surface area contributed by atoms with Gasteiger partial charge in [-0.05, 0) is 43.5 Å². The molecule has 0 saturated heterocycles. The van der Waals surface area contributed by atoms with Gasteiger partial charge in [0.2, 0.25) is 0 Å². The first kappa shape index (κ1) is 11.1. The summed E-state index contributed by atoms with van der Waals surface area (Å²) in [5, 5.41) is 2.77. The van der Waals surface area contributed by atoms with Crippen LogP contribution in [0.25, 0.3) is 0 Å². The highest BCUT2D eigenvalue weighted by atomic mass is 19.1. The molecule has 3 nitrogen and oxygen atoms in total. The van der Waals surface area contributed by atoms with Gasteiger partial charge in [0.15, 0.2) is 0 Å². The molecule has 16 heavy (non-hydrogen) atoms. The maximum atomic E-state index is 12.6. The number of nitrogens with one attached hydrogen (secondary N) is 1. The summed E-state index contributed by atoms with van der Waals surface area (Å²) in [6.45, 7) is 0.489. The van der Waals surface area contributed by atoms with Crippen molar-refractivity contribution >= 4 is 5.91 Å². The van der Waals surface area contributed by atoms with Crippen molar-refractivity contribution in [2.24, 2.45) is 5.73 Å². The zero-order valence-corrected chi connectivity index (χ0v) is 9.00. The van der Waals surface area contributed by atoms with Crippen molar-refractivity contribution < 1.29 is 9.18 Å². The number of nitrogens with two attached hydrogens (primary N) is 1. The normalized spacial score (nSPS) is 17.6. The molecule has 0 aromatic heterocycles. The van der Waals surface area contributed by atoms with E-state index in [-0.39, 0.29) is 17.3 Å². The van der Waals surface area contributed by atoms with Crippen LogP contribution in [0.4, 0.5) is 4.39 Å². The third-order valence-corrected chi connectivity index (χ3v) is 3.06. The van der Waals surface area contributed by atoms with Crippen LogP contribution in [0.3, 0.4) is 0 Å². The molecule has 1 amide bonds. The zero-order valence-electron chi connectivity index (χ0n) is 9.00. The molecule has 86 valence electrons. The van der Waals surface area contributed by atoms with Crippen molar-refractivity contribution in [2.75, 3.05) is 6.54 Å². The number of benzene rings is 1. The second kappa shape index (κ2) is 4.22. The van der Waals surface area contributed by atoms with Crippen LogP contribution in [-0.2, 0) is 0 Å². The van der Waals surface area contributed by atoms with Crippen LogP contribution < -0.4 is 11.1 Å². The van der Waals surface area contributed by atoms with Crippen molar-refractivity contribution in [3.05, 3.63) is 35.6 Å². The quantitative estimate of drug-likeness (QED) is 0.813. The molecule has 1 aromatic carbocycles. The third kappa shape index (κ3) is 2.39. The monoisotopic (exact) mass is 222 g/mol. The molecule has 4 heteroatoms. The summed E-state index contributed by atoms with van der Waals surface area (Å²) in [4.78, 5) is 11.7. The summed E-state index contributed by atoms with van der Waals surface area (Å²) in [5.74, 6) is -0.539. The van der Waals surface area contributed by atoms with Gasteiger partial charge in [-0.25, -0.2) is 4.39 Å². The number of hydrogen-bond donors (Lipinski definition) is 2.